The van der Waals surface area contributed by atoms with Gasteiger partial charge in [-0.1, -0.05) is 45.6 Å². The van der Waals surface area contributed by atoms with E-state index in [-0.39, 0.29) is 0 Å². The molecule has 1 heterocycles. The summed E-state index contributed by atoms with van der Waals surface area (Å²) in [4.78, 5) is 4.45. The van der Waals surface area contributed by atoms with Gasteiger partial charge in [-0.25, -0.2) is 0 Å². The maximum Gasteiger partial charge on any atom is 0.0434 e. The van der Waals surface area contributed by atoms with E-state index in [1.165, 1.54) is 37.8 Å². The van der Waals surface area contributed by atoms with Gasteiger partial charge in [0.2, 0.25) is 0 Å². The molecule has 1 nitrogen and oxygen atoms in total. The molecule has 83 valence electrons. The highest BCUT2D eigenvalue weighted by Crippen LogP contribution is 2.25. The third-order valence-electron chi connectivity index (χ3n) is 2.81. The van der Waals surface area contributed by atoms with Gasteiger partial charge < -0.3 is 0 Å². The zero-order valence-corrected chi connectivity index (χ0v) is 9.78. The van der Waals surface area contributed by atoms with E-state index >= 15 is 0 Å². The topological polar surface area (TPSA) is 12.9 Å². The van der Waals surface area contributed by atoms with Crippen molar-refractivity contribution in [2.75, 3.05) is 0 Å². The van der Waals surface area contributed by atoms with Crippen molar-refractivity contribution >= 4 is 0 Å². The number of hydrogen-bond donors (Lipinski definition) is 0. The van der Waals surface area contributed by atoms with Crippen LogP contribution in [-0.2, 0) is 0 Å². The second-order valence-corrected chi connectivity index (χ2v) is 4.09. The van der Waals surface area contributed by atoms with E-state index in [1.807, 2.05) is 12.3 Å². The quantitative estimate of drug-likeness (QED) is 0.601. The smallest absolute Gasteiger partial charge is 0.0434 e. The molecule has 0 N–H and O–H groups in total. The molecule has 0 fully saturated rings. The minimum atomic E-state index is 0.621. The Bertz CT molecular complexity index is 243. The number of hydrogen-bond acceptors (Lipinski definition) is 1. The van der Waals surface area contributed by atoms with Crippen LogP contribution < -0.4 is 0 Å². The second kappa shape index (κ2) is 7.44. The van der Waals surface area contributed by atoms with Crippen LogP contribution >= 0.6 is 0 Å². The van der Waals surface area contributed by atoms with E-state index in [4.69, 9.17) is 0 Å². The molecular formula is C14H22N. The van der Waals surface area contributed by atoms with Gasteiger partial charge in [0.05, 0.1) is 0 Å². The summed E-state index contributed by atoms with van der Waals surface area (Å²) in [6, 6.07) is 6.21. The third-order valence-corrected chi connectivity index (χ3v) is 2.81. The molecule has 1 unspecified atom stereocenters. The Labute approximate surface area is 93.9 Å². The van der Waals surface area contributed by atoms with Crippen LogP contribution in [0.2, 0.25) is 0 Å². The van der Waals surface area contributed by atoms with Crippen molar-refractivity contribution in [1.82, 2.24) is 4.98 Å². The zero-order valence-electron chi connectivity index (χ0n) is 9.78. The number of pyridine rings is 1. The van der Waals surface area contributed by atoms with Crippen LogP contribution in [0.25, 0.3) is 0 Å². The van der Waals surface area contributed by atoms with E-state index in [9.17, 15) is 0 Å². The molecule has 0 saturated carbocycles. The van der Waals surface area contributed by atoms with Gasteiger partial charge >= 0.3 is 0 Å². The average molecular weight is 204 g/mol. The number of aromatic nitrogens is 1. The van der Waals surface area contributed by atoms with Gasteiger partial charge in [0.1, 0.15) is 0 Å². The molecule has 0 aliphatic rings. The Balaban J connectivity index is 2.50. The molecule has 1 aromatic rings. The van der Waals surface area contributed by atoms with Gasteiger partial charge in [-0.15, -0.1) is 0 Å². The monoisotopic (exact) mass is 204 g/mol. The maximum absolute atomic E-state index is 4.45. The molecule has 0 amide bonds. The number of unbranched alkanes of at least 4 members (excludes halogenated alkanes) is 2. The molecule has 1 atom stereocenters. The van der Waals surface area contributed by atoms with Crippen LogP contribution in [0.1, 0.15) is 57.1 Å². The lowest BCUT2D eigenvalue weighted by Crippen LogP contribution is -2.01. The normalized spacial score (nSPS) is 12.7. The zero-order chi connectivity index (χ0) is 10.9. The van der Waals surface area contributed by atoms with Crippen molar-refractivity contribution in [3.63, 3.8) is 0 Å². The second-order valence-electron chi connectivity index (χ2n) is 4.09. The van der Waals surface area contributed by atoms with Crippen molar-refractivity contribution in [2.45, 2.75) is 51.4 Å². The fourth-order valence-corrected chi connectivity index (χ4v) is 1.94. The first-order chi connectivity index (χ1) is 7.38. The third kappa shape index (κ3) is 4.46. The lowest BCUT2D eigenvalue weighted by atomic mass is 9.93. The molecule has 1 heteroatoms. The molecule has 0 aromatic carbocycles. The van der Waals surface area contributed by atoms with Gasteiger partial charge in [0, 0.05) is 17.8 Å². The first kappa shape index (κ1) is 12.2. The first-order valence-electron chi connectivity index (χ1n) is 6.08. The standard InChI is InChI=1S/C14H22N/c1-3-5-6-10-13(9-4-2)14-11-7-8-12-15-14/h7-8,11-13H,2-6,9-10H2,1H3. The van der Waals surface area contributed by atoms with Crippen LogP contribution in [0.4, 0.5) is 0 Å². The van der Waals surface area contributed by atoms with E-state index in [0.717, 1.165) is 6.42 Å². The SMILES string of the molecule is [CH2]CCC(CCCCC)c1ccccn1. The van der Waals surface area contributed by atoms with Crippen molar-refractivity contribution in [2.24, 2.45) is 0 Å². The minimum Gasteiger partial charge on any atom is -0.261 e. The summed E-state index contributed by atoms with van der Waals surface area (Å²) in [5.74, 6) is 0.621. The Kier molecular flexibility index (Phi) is 6.06. The Morgan fingerprint density at radius 2 is 2.13 bits per heavy atom. The summed E-state index contributed by atoms with van der Waals surface area (Å²) >= 11 is 0. The lowest BCUT2D eigenvalue weighted by Gasteiger charge is -2.14. The van der Waals surface area contributed by atoms with Crippen molar-refractivity contribution < 1.29 is 0 Å². The van der Waals surface area contributed by atoms with Crippen LogP contribution in [-0.4, -0.2) is 4.98 Å². The molecule has 0 aliphatic carbocycles. The highest BCUT2D eigenvalue weighted by Gasteiger charge is 2.10. The minimum absolute atomic E-state index is 0.621. The van der Waals surface area contributed by atoms with Crippen LogP contribution in [0, 0.1) is 6.92 Å². The van der Waals surface area contributed by atoms with Gasteiger partial charge in [-0.3, -0.25) is 4.98 Å². The molecule has 15 heavy (non-hydrogen) atoms. The predicted octanol–water partition coefficient (Wildman–Crippen LogP) is 4.36. The Morgan fingerprint density at radius 3 is 2.73 bits per heavy atom. The maximum atomic E-state index is 4.45. The largest absolute Gasteiger partial charge is 0.261 e. The van der Waals surface area contributed by atoms with Gasteiger partial charge in [-0.05, 0) is 25.0 Å². The molecule has 0 spiro atoms. The highest BCUT2D eigenvalue weighted by molar-refractivity contribution is 5.09. The molecular weight excluding hydrogens is 182 g/mol. The fraction of sp³-hybridized carbons (Fsp3) is 0.571. The van der Waals surface area contributed by atoms with Crippen molar-refractivity contribution in [3.05, 3.63) is 37.0 Å². The summed E-state index contributed by atoms with van der Waals surface area (Å²) in [5, 5.41) is 0. The molecule has 0 saturated heterocycles. The van der Waals surface area contributed by atoms with E-state index in [2.05, 4.69) is 31.0 Å². The first-order valence-corrected chi connectivity index (χ1v) is 6.08. The predicted molar refractivity (Wildman–Crippen MR) is 65.7 cm³/mol. The summed E-state index contributed by atoms with van der Waals surface area (Å²) < 4.78 is 0. The molecule has 1 aromatic heterocycles. The fourth-order valence-electron chi connectivity index (χ4n) is 1.94. The van der Waals surface area contributed by atoms with E-state index < -0.39 is 0 Å². The van der Waals surface area contributed by atoms with Crippen LogP contribution in [0.15, 0.2) is 24.4 Å². The average Bonchev–Trinajstić information content (AvgIpc) is 2.29. The Morgan fingerprint density at radius 1 is 1.27 bits per heavy atom. The van der Waals surface area contributed by atoms with Gasteiger partial charge in [0.25, 0.3) is 0 Å². The molecule has 0 aliphatic heterocycles. The molecule has 0 bridgehead atoms. The summed E-state index contributed by atoms with van der Waals surface area (Å²) in [6.45, 7) is 6.20. The summed E-state index contributed by atoms with van der Waals surface area (Å²) in [6.07, 6.45) is 9.28. The van der Waals surface area contributed by atoms with E-state index in [1.54, 1.807) is 0 Å². The summed E-state index contributed by atoms with van der Waals surface area (Å²) in [7, 11) is 0. The summed E-state index contributed by atoms with van der Waals surface area (Å²) in [5.41, 5.74) is 1.25. The lowest BCUT2D eigenvalue weighted by molar-refractivity contribution is 0.527. The van der Waals surface area contributed by atoms with Crippen LogP contribution in [0.3, 0.4) is 0 Å². The molecule has 1 rings (SSSR count). The van der Waals surface area contributed by atoms with Crippen molar-refractivity contribution in [3.8, 4) is 0 Å². The van der Waals surface area contributed by atoms with Crippen molar-refractivity contribution in [1.29, 1.82) is 0 Å². The van der Waals surface area contributed by atoms with Gasteiger partial charge in [0.15, 0.2) is 0 Å². The van der Waals surface area contributed by atoms with Gasteiger partial charge in [-0.2, -0.15) is 0 Å². The highest BCUT2D eigenvalue weighted by atomic mass is 14.7. The number of rotatable bonds is 7. The van der Waals surface area contributed by atoms with E-state index in [0.29, 0.717) is 5.92 Å². The van der Waals surface area contributed by atoms with Crippen LogP contribution in [0.5, 0.6) is 0 Å². The Hall–Kier alpha value is -0.850. The molecule has 1 radical (unpaired) electrons. The number of nitrogens with zero attached hydrogens (tertiary/aromatic N) is 1.